The van der Waals surface area contributed by atoms with Crippen LogP contribution in [0.25, 0.3) is 0 Å². The Morgan fingerprint density at radius 2 is 1.90 bits per heavy atom. The molecule has 2 aromatic rings. The molecule has 2 aromatic carbocycles. The van der Waals surface area contributed by atoms with Crippen LogP contribution in [0.2, 0.25) is 0 Å². The summed E-state index contributed by atoms with van der Waals surface area (Å²) in [6, 6.07) is 13.6. The lowest BCUT2D eigenvalue weighted by atomic mass is 10.2. The van der Waals surface area contributed by atoms with Crippen molar-refractivity contribution < 1.29 is 4.74 Å². The lowest BCUT2D eigenvalue weighted by Gasteiger charge is -2.21. The quantitative estimate of drug-likeness (QED) is 0.843. The van der Waals surface area contributed by atoms with Gasteiger partial charge in [-0.2, -0.15) is 0 Å². The Kier molecular flexibility index (Phi) is 3.13. The van der Waals surface area contributed by atoms with Gasteiger partial charge in [0, 0.05) is 29.9 Å². The lowest BCUT2D eigenvalue weighted by Crippen LogP contribution is -2.08. The van der Waals surface area contributed by atoms with Crippen LogP contribution in [0.5, 0.6) is 5.75 Å². The first-order valence-electron chi connectivity index (χ1n) is 6.31. The molecular formula is C16H15N3O. The molecular weight excluding hydrogens is 250 g/mol. The van der Waals surface area contributed by atoms with Gasteiger partial charge in [-0.25, -0.2) is 0 Å². The molecule has 1 heterocycles. The fraction of sp³-hybridized carbons (Fsp3) is 0.0625. The third kappa shape index (κ3) is 2.23. The number of hydrogen-bond donors (Lipinski definition) is 1. The zero-order valence-electron chi connectivity index (χ0n) is 11.2. The summed E-state index contributed by atoms with van der Waals surface area (Å²) in [5.74, 6) is 0.792. The molecule has 0 aliphatic carbocycles. The molecule has 100 valence electrons. The van der Waals surface area contributed by atoms with Crippen molar-refractivity contribution in [3.05, 3.63) is 54.7 Å². The van der Waals surface area contributed by atoms with E-state index in [0.717, 1.165) is 28.5 Å². The molecule has 3 rings (SSSR count). The second-order valence-electron chi connectivity index (χ2n) is 4.44. The number of anilines is 3. The maximum Gasteiger partial charge on any atom is 0.121 e. The summed E-state index contributed by atoms with van der Waals surface area (Å²) in [5, 5.41) is 0. The number of methoxy groups -OCH3 is 1. The van der Waals surface area contributed by atoms with Crippen molar-refractivity contribution in [3.8, 4) is 5.75 Å². The van der Waals surface area contributed by atoms with Crippen molar-refractivity contribution in [2.45, 2.75) is 0 Å². The average Bonchev–Trinajstić information content (AvgIpc) is 2.69. The first-order chi connectivity index (χ1) is 9.78. The molecule has 1 aliphatic heterocycles. The maximum atomic E-state index is 5.74. The van der Waals surface area contributed by atoms with Crippen LogP contribution in [0.1, 0.15) is 0 Å². The molecule has 2 N–H and O–H groups in total. The first kappa shape index (κ1) is 12.3. The summed E-state index contributed by atoms with van der Waals surface area (Å²) >= 11 is 0. The Balaban J connectivity index is 2.08. The van der Waals surface area contributed by atoms with Crippen LogP contribution in [0.4, 0.5) is 22.7 Å². The highest BCUT2D eigenvalue weighted by Gasteiger charge is 2.13. The van der Waals surface area contributed by atoms with Crippen LogP contribution in [0.3, 0.4) is 0 Å². The molecule has 0 saturated carbocycles. The molecule has 0 amide bonds. The molecule has 4 heteroatoms. The molecule has 20 heavy (non-hydrogen) atoms. The van der Waals surface area contributed by atoms with Gasteiger partial charge in [0.1, 0.15) is 5.75 Å². The Hall–Kier alpha value is -2.75. The van der Waals surface area contributed by atoms with Crippen LogP contribution in [0, 0.1) is 0 Å². The standard InChI is InChI=1S/C16H15N3O/c1-20-14-7-8-16-15(11-14)18-9-2-10-19(16)13-5-3-12(17)4-6-13/h2-11H,17H2,1H3. The van der Waals surface area contributed by atoms with Crippen molar-refractivity contribution in [3.63, 3.8) is 0 Å². The fourth-order valence-corrected chi connectivity index (χ4v) is 2.13. The van der Waals surface area contributed by atoms with Crippen LogP contribution in [-0.4, -0.2) is 13.3 Å². The topological polar surface area (TPSA) is 50.8 Å². The van der Waals surface area contributed by atoms with Gasteiger partial charge in [-0.05, 0) is 42.5 Å². The van der Waals surface area contributed by atoms with Gasteiger partial charge in [0.25, 0.3) is 0 Å². The number of nitrogen functional groups attached to an aromatic ring is 1. The van der Waals surface area contributed by atoms with E-state index in [-0.39, 0.29) is 0 Å². The van der Waals surface area contributed by atoms with Crippen molar-refractivity contribution in [2.24, 2.45) is 4.99 Å². The van der Waals surface area contributed by atoms with Gasteiger partial charge in [0.2, 0.25) is 0 Å². The number of hydrogen-bond acceptors (Lipinski definition) is 4. The summed E-state index contributed by atoms with van der Waals surface area (Å²) in [5.41, 5.74) is 9.39. The summed E-state index contributed by atoms with van der Waals surface area (Å²) in [4.78, 5) is 6.50. The number of allylic oxidation sites excluding steroid dienone is 1. The van der Waals surface area contributed by atoms with E-state index < -0.39 is 0 Å². The van der Waals surface area contributed by atoms with Gasteiger partial charge in [-0.3, -0.25) is 4.99 Å². The maximum absolute atomic E-state index is 5.74. The highest BCUT2D eigenvalue weighted by atomic mass is 16.5. The monoisotopic (exact) mass is 265 g/mol. The van der Waals surface area contributed by atoms with Gasteiger partial charge in [-0.15, -0.1) is 0 Å². The molecule has 1 aliphatic rings. The third-order valence-corrected chi connectivity index (χ3v) is 3.15. The van der Waals surface area contributed by atoms with E-state index in [0.29, 0.717) is 0 Å². The largest absolute Gasteiger partial charge is 0.497 e. The summed E-state index contributed by atoms with van der Waals surface area (Å²) < 4.78 is 5.25. The normalized spacial score (nSPS) is 12.9. The number of fused-ring (bicyclic) bond motifs is 1. The molecule has 4 nitrogen and oxygen atoms in total. The minimum absolute atomic E-state index is 0.749. The summed E-state index contributed by atoms with van der Waals surface area (Å²) in [6.07, 6.45) is 5.66. The number of benzene rings is 2. The predicted octanol–water partition coefficient (Wildman–Crippen LogP) is 3.65. The predicted molar refractivity (Wildman–Crippen MR) is 83.3 cm³/mol. The molecule has 0 unspecified atom stereocenters. The number of rotatable bonds is 2. The number of aliphatic imine (C=N–C) groups is 1. The van der Waals surface area contributed by atoms with E-state index in [2.05, 4.69) is 9.89 Å². The Labute approximate surface area is 117 Å². The number of ether oxygens (including phenoxy) is 1. The Morgan fingerprint density at radius 1 is 1.10 bits per heavy atom. The van der Waals surface area contributed by atoms with E-state index >= 15 is 0 Å². The number of nitrogens with zero attached hydrogens (tertiary/aromatic N) is 2. The van der Waals surface area contributed by atoms with Gasteiger partial charge >= 0.3 is 0 Å². The van der Waals surface area contributed by atoms with Gasteiger partial charge in [0.15, 0.2) is 0 Å². The van der Waals surface area contributed by atoms with E-state index in [4.69, 9.17) is 10.5 Å². The van der Waals surface area contributed by atoms with Crippen molar-refractivity contribution >= 4 is 29.0 Å². The number of nitrogens with two attached hydrogens (primary N) is 1. The minimum atomic E-state index is 0.749. The SMILES string of the molecule is COc1ccc2c(c1)N=CC=CN2c1ccc(N)cc1. The summed E-state index contributed by atoms with van der Waals surface area (Å²) in [7, 11) is 1.65. The van der Waals surface area contributed by atoms with E-state index in [1.807, 2.05) is 54.7 Å². The third-order valence-electron chi connectivity index (χ3n) is 3.15. The molecule has 0 fully saturated rings. The molecule has 0 bridgehead atoms. The molecule has 0 radical (unpaired) electrons. The Bertz CT molecular complexity index is 675. The first-order valence-corrected chi connectivity index (χ1v) is 6.31. The van der Waals surface area contributed by atoms with Crippen LogP contribution >= 0.6 is 0 Å². The van der Waals surface area contributed by atoms with Crippen LogP contribution in [-0.2, 0) is 0 Å². The zero-order chi connectivity index (χ0) is 13.9. The van der Waals surface area contributed by atoms with E-state index in [1.165, 1.54) is 0 Å². The minimum Gasteiger partial charge on any atom is -0.497 e. The lowest BCUT2D eigenvalue weighted by molar-refractivity contribution is 0.415. The molecule has 0 aromatic heterocycles. The van der Waals surface area contributed by atoms with Crippen LogP contribution < -0.4 is 15.4 Å². The van der Waals surface area contributed by atoms with Crippen LogP contribution in [0.15, 0.2) is 59.7 Å². The smallest absolute Gasteiger partial charge is 0.121 e. The fourth-order valence-electron chi connectivity index (χ4n) is 2.13. The highest BCUT2D eigenvalue weighted by Crippen LogP contribution is 2.38. The Morgan fingerprint density at radius 3 is 2.65 bits per heavy atom. The van der Waals surface area contributed by atoms with Crippen molar-refractivity contribution in [1.29, 1.82) is 0 Å². The van der Waals surface area contributed by atoms with E-state index in [9.17, 15) is 0 Å². The van der Waals surface area contributed by atoms with Gasteiger partial charge in [0.05, 0.1) is 18.5 Å². The second kappa shape index (κ2) is 5.09. The molecule has 0 spiro atoms. The van der Waals surface area contributed by atoms with Gasteiger partial charge < -0.3 is 15.4 Å². The van der Waals surface area contributed by atoms with Crippen molar-refractivity contribution in [2.75, 3.05) is 17.7 Å². The second-order valence-corrected chi connectivity index (χ2v) is 4.44. The average molecular weight is 265 g/mol. The molecule has 0 atom stereocenters. The zero-order valence-corrected chi connectivity index (χ0v) is 11.2. The molecule has 0 saturated heterocycles. The highest BCUT2D eigenvalue weighted by molar-refractivity contribution is 5.86. The van der Waals surface area contributed by atoms with E-state index in [1.54, 1.807) is 13.3 Å². The van der Waals surface area contributed by atoms with Crippen molar-refractivity contribution in [1.82, 2.24) is 0 Å². The summed E-state index contributed by atoms with van der Waals surface area (Å²) in [6.45, 7) is 0. The van der Waals surface area contributed by atoms with Gasteiger partial charge in [-0.1, -0.05) is 0 Å².